The van der Waals surface area contributed by atoms with Crippen molar-refractivity contribution in [3.8, 4) is 0 Å². The minimum absolute atomic E-state index is 0.332. The zero-order chi connectivity index (χ0) is 14.7. The molecule has 4 N–H and O–H groups in total. The van der Waals surface area contributed by atoms with Crippen LogP contribution in [0.3, 0.4) is 0 Å². The average Bonchev–Trinajstić information content (AvgIpc) is 2.75. The van der Waals surface area contributed by atoms with Gasteiger partial charge in [-0.15, -0.1) is 0 Å². The lowest BCUT2D eigenvalue weighted by molar-refractivity contribution is 0.0946. The van der Waals surface area contributed by atoms with Crippen molar-refractivity contribution in [2.24, 2.45) is 0 Å². The Hall–Kier alpha value is -2.41. The van der Waals surface area contributed by atoms with Gasteiger partial charge in [-0.25, -0.2) is 9.37 Å². The van der Waals surface area contributed by atoms with Crippen molar-refractivity contribution in [3.05, 3.63) is 52.8 Å². The Balaban J connectivity index is 1.98. The fourth-order valence-electron chi connectivity index (χ4n) is 1.54. The summed E-state index contributed by atoms with van der Waals surface area (Å²) in [4.78, 5) is 16.3. The Morgan fingerprint density at radius 3 is 2.55 bits per heavy atom. The molecule has 7 heteroatoms. The standard InChI is InChI=1S/C13H13FN4OS/c1-7(9-3-5-10(14)6-4-9)17-18-12(19)11-8(2)16-13(15)20-11/h3-6,17H,1H2,2H3,(H2,15,16)(H,18,19). The summed E-state index contributed by atoms with van der Waals surface area (Å²) in [6.45, 7) is 5.47. The number of carbonyl (C=O) groups excluding carboxylic acids is 1. The Labute approximate surface area is 119 Å². The van der Waals surface area contributed by atoms with E-state index in [0.717, 1.165) is 11.3 Å². The number of benzene rings is 1. The largest absolute Gasteiger partial charge is 0.375 e. The topological polar surface area (TPSA) is 80.0 Å². The van der Waals surface area contributed by atoms with E-state index in [-0.39, 0.29) is 11.7 Å². The zero-order valence-electron chi connectivity index (χ0n) is 10.7. The van der Waals surface area contributed by atoms with E-state index in [9.17, 15) is 9.18 Å². The predicted octanol–water partition coefficient (Wildman–Crippen LogP) is 2.08. The summed E-state index contributed by atoms with van der Waals surface area (Å²) in [5.41, 5.74) is 12.4. The summed E-state index contributed by atoms with van der Waals surface area (Å²) in [6, 6.07) is 5.76. The van der Waals surface area contributed by atoms with Crippen LogP contribution < -0.4 is 16.6 Å². The lowest BCUT2D eigenvalue weighted by atomic mass is 10.2. The highest BCUT2D eigenvalue weighted by atomic mass is 32.1. The molecule has 20 heavy (non-hydrogen) atoms. The minimum Gasteiger partial charge on any atom is -0.375 e. The molecule has 0 aliphatic carbocycles. The number of nitrogens with zero attached hydrogens (tertiary/aromatic N) is 1. The molecule has 0 aliphatic heterocycles. The summed E-state index contributed by atoms with van der Waals surface area (Å²) in [5.74, 6) is -0.679. The first kappa shape index (κ1) is 14.0. The molecule has 104 valence electrons. The number of nitrogens with one attached hydrogen (secondary N) is 2. The molecule has 1 aromatic heterocycles. The van der Waals surface area contributed by atoms with Crippen LogP contribution in [-0.2, 0) is 0 Å². The summed E-state index contributed by atoms with van der Waals surface area (Å²) in [7, 11) is 0. The minimum atomic E-state index is -0.347. The van der Waals surface area contributed by atoms with E-state index in [4.69, 9.17) is 5.73 Å². The highest BCUT2D eigenvalue weighted by Gasteiger charge is 2.14. The van der Waals surface area contributed by atoms with Crippen molar-refractivity contribution < 1.29 is 9.18 Å². The Morgan fingerprint density at radius 2 is 2.00 bits per heavy atom. The zero-order valence-corrected chi connectivity index (χ0v) is 11.6. The molecule has 0 bridgehead atoms. The van der Waals surface area contributed by atoms with Gasteiger partial charge in [-0.1, -0.05) is 17.9 Å². The number of hydrogen-bond acceptors (Lipinski definition) is 5. The number of nitrogen functional groups attached to an aromatic ring is 1. The molecule has 0 atom stereocenters. The number of amides is 1. The van der Waals surface area contributed by atoms with E-state index >= 15 is 0 Å². The molecule has 0 radical (unpaired) electrons. The van der Waals surface area contributed by atoms with Crippen LogP contribution in [-0.4, -0.2) is 10.9 Å². The van der Waals surface area contributed by atoms with E-state index in [1.54, 1.807) is 19.1 Å². The Bertz CT molecular complexity index is 651. The first-order chi connectivity index (χ1) is 9.47. The number of rotatable bonds is 4. The van der Waals surface area contributed by atoms with Gasteiger partial charge in [-0.3, -0.25) is 15.6 Å². The van der Waals surface area contributed by atoms with Crippen LogP contribution in [0.15, 0.2) is 30.8 Å². The maximum atomic E-state index is 12.8. The molecule has 5 nitrogen and oxygen atoms in total. The third-order valence-electron chi connectivity index (χ3n) is 2.54. The van der Waals surface area contributed by atoms with Crippen LogP contribution in [0.4, 0.5) is 9.52 Å². The third kappa shape index (κ3) is 3.12. The van der Waals surface area contributed by atoms with Crippen molar-refractivity contribution >= 4 is 28.1 Å². The fourth-order valence-corrected chi connectivity index (χ4v) is 2.27. The van der Waals surface area contributed by atoms with E-state index in [1.807, 2.05) is 0 Å². The van der Waals surface area contributed by atoms with Crippen LogP contribution in [0.5, 0.6) is 0 Å². The van der Waals surface area contributed by atoms with Gasteiger partial charge in [-0.05, 0) is 36.8 Å². The summed E-state index contributed by atoms with van der Waals surface area (Å²) in [6.07, 6.45) is 0. The smallest absolute Gasteiger partial charge is 0.281 e. The van der Waals surface area contributed by atoms with Gasteiger partial charge in [0.15, 0.2) is 5.13 Å². The van der Waals surface area contributed by atoms with Crippen molar-refractivity contribution in [3.63, 3.8) is 0 Å². The van der Waals surface area contributed by atoms with Crippen LogP contribution in [0.25, 0.3) is 5.70 Å². The fraction of sp³-hybridized carbons (Fsp3) is 0.0769. The maximum Gasteiger partial charge on any atom is 0.281 e. The van der Waals surface area contributed by atoms with Gasteiger partial charge in [0.25, 0.3) is 5.91 Å². The molecule has 2 rings (SSSR count). The number of hydrogen-bond donors (Lipinski definition) is 3. The number of aromatic nitrogens is 1. The van der Waals surface area contributed by atoms with E-state index in [0.29, 0.717) is 27.0 Å². The second-order valence-electron chi connectivity index (χ2n) is 4.03. The quantitative estimate of drug-likeness (QED) is 0.754. The molecule has 0 fully saturated rings. The lowest BCUT2D eigenvalue weighted by Crippen LogP contribution is -2.35. The molecule has 0 unspecified atom stereocenters. The molecule has 0 spiro atoms. The van der Waals surface area contributed by atoms with Crippen LogP contribution in [0.2, 0.25) is 0 Å². The number of nitrogens with two attached hydrogens (primary N) is 1. The summed E-state index contributed by atoms with van der Waals surface area (Å²) < 4.78 is 12.8. The highest BCUT2D eigenvalue weighted by Crippen LogP contribution is 2.19. The molecule has 2 aromatic rings. The highest BCUT2D eigenvalue weighted by molar-refractivity contribution is 7.17. The van der Waals surface area contributed by atoms with Crippen LogP contribution in [0, 0.1) is 12.7 Å². The molecule has 0 aliphatic rings. The Morgan fingerprint density at radius 1 is 1.35 bits per heavy atom. The monoisotopic (exact) mass is 292 g/mol. The number of aryl methyl sites for hydroxylation is 1. The normalized spacial score (nSPS) is 10.1. The van der Waals surface area contributed by atoms with Gasteiger partial charge in [0.1, 0.15) is 10.7 Å². The molecular formula is C13H13FN4OS. The molecule has 0 saturated carbocycles. The molecular weight excluding hydrogens is 279 g/mol. The average molecular weight is 292 g/mol. The number of thiazole rings is 1. The van der Waals surface area contributed by atoms with Crippen molar-refractivity contribution in [2.45, 2.75) is 6.92 Å². The molecule has 1 aromatic carbocycles. The van der Waals surface area contributed by atoms with Crippen molar-refractivity contribution in [1.29, 1.82) is 0 Å². The Kier molecular flexibility index (Phi) is 3.99. The van der Waals surface area contributed by atoms with Gasteiger partial charge < -0.3 is 5.73 Å². The third-order valence-corrected chi connectivity index (χ3v) is 3.52. The maximum absolute atomic E-state index is 12.8. The van der Waals surface area contributed by atoms with Gasteiger partial charge in [0.2, 0.25) is 0 Å². The lowest BCUT2D eigenvalue weighted by Gasteiger charge is -2.10. The van der Waals surface area contributed by atoms with Gasteiger partial charge in [-0.2, -0.15) is 0 Å². The summed E-state index contributed by atoms with van der Waals surface area (Å²) in [5, 5.41) is 0.338. The van der Waals surface area contributed by atoms with E-state index < -0.39 is 0 Å². The molecule has 1 heterocycles. The second-order valence-corrected chi connectivity index (χ2v) is 5.06. The van der Waals surface area contributed by atoms with Crippen LogP contribution >= 0.6 is 11.3 Å². The number of hydrazine groups is 1. The van der Waals surface area contributed by atoms with Crippen molar-refractivity contribution in [2.75, 3.05) is 5.73 Å². The predicted molar refractivity (Wildman–Crippen MR) is 77.3 cm³/mol. The SMILES string of the molecule is C=C(NNC(=O)c1sc(N)nc1C)c1ccc(F)cc1. The van der Waals surface area contributed by atoms with Gasteiger partial charge in [0.05, 0.1) is 11.4 Å². The second kappa shape index (κ2) is 5.70. The van der Waals surface area contributed by atoms with Gasteiger partial charge in [0, 0.05) is 0 Å². The van der Waals surface area contributed by atoms with Gasteiger partial charge >= 0.3 is 0 Å². The molecule has 0 saturated heterocycles. The summed E-state index contributed by atoms with van der Waals surface area (Å²) >= 11 is 1.11. The van der Waals surface area contributed by atoms with E-state index in [2.05, 4.69) is 22.4 Å². The first-order valence-corrected chi connectivity index (χ1v) is 6.53. The van der Waals surface area contributed by atoms with Crippen molar-refractivity contribution in [1.82, 2.24) is 15.8 Å². The van der Waals surface area contributed by atoms with E-state index in [1.165, 1.54) is 12.1 Å². The number of carbonyl (C=O) groups is 1. The number of halogens is 1. The number of anilines is 1. The first-order valence-electron chi connectivity index (χ1n) is 5.71. The molecule has 1 amide bonds. The van der Waals surface area contributed by atoms with Crippen LogP contribution in [0.1, 0.15) is 20.9 Å².